The summed E-state index contributed by atoms with van der Waals surface area (Å²) in [5.74, 6) is 0.412. The lowest BCUT2D eigenvalue weighted by Crippen LogP contribution is -2.27. The molecular formula is C20H22ClNO. The molecule has 2 nitrogen and oxygen atoms in total. The summed E-state index contributed by atoms with van der Waals surface area (Å²) >= 11 is 5.86. The lowest BCUT2D eigenvalue weighted by Gasteiger charge is -2.20. The average molecular weight is 328 g/mol. The van der Waals surface area contributed by atoms with E-state index in [2.05, 4.69) is 31.3 Å². The predicted molar refractivity (Wildman–Crippen MR) is 97.3 cm³/mol. The van der Waals surface area contributed by atoms with Gasteiger partial charge in [-0.3, -0.25) is 4.79 Å². The normalized spacial score (nSPS) is 12.5. The molecule has 0 aliphatic rings. The minimum absolute atomic E-state index is 0.0265. The molecule has 0 heterocycles. The molecule has 0 bridgehead atoms. The van der Waals surface area contributed by atoms with E-state index in [9.17, 15) is 4.79 Å². The first-order valence-electron chi connectivity index (χ1n) is 7.83. The average Bonchev–Trinajstić information content (AvgIpc) is 2.54. The lowest BCUT2D eigenvalue weighted by molar-refractivity contribution is -0.117. The van der Waals surface area contributed by atoms with Crippen LogP contribution in [0.3, 0.4) is 0 Å². The van der Waals surface area contributed by atoms with Crippen LogP contribution in [0.15, 0.2) is 60.7 Å². The first-order chi connectivity index (χ1) is 11.0. The summed E-state index contributed by atoms with van der Waals surface area (Å²) in [6.45, 7) is 4.32. The number of carbonyl (C=O) groups excluding carboxylic acids is 1. The highest BCUT2D eigenvalue weighted by molar-refractivity contribution is 6.30. The van der Waals surface area contributed by atoms with Crippen molar-refractivity contribution < 1.29 is 4.79 Å². The van der Waals surface area contributed by atoms with E-state index in [1.807, 2.05) is 42.5 Å². The SMILES string of the molecule is CC(C)C[C@H](NC(=O)/C=C/c1ccc(Cl)cc1)c1ccccc1. The van der Waals surface area contributed by atoms with Gasteiger partial charge in [-0.25, -0.2) is 0 Å². The Balaban J connectivity index is 2.04. The van der Waals surface area contributed by atoms with Crippen LogP contribution in [0.25, 0.3) is 6.08 Å². The molecule has 1 N–H and O–H groups in total. The first-order valence-corrected chi connectivity index (χ1v) is 8.21. The van der Waals surface area contributed by atoms with Gasteiger partial charge in [0.15, 0.2) is 0 Å². The van der Waals surface area contributed by atoms with Gasteiger partial charge in [-0.2, -0.15) is 0 Å². The van der Waals surface area contributed by atoms with Gasteiger partial charge in [-0.15, -0.1) is 0 Å². The highest BCUT2D eigenvalue weighted by atomic mass is 35.5. The third kappa shape index (κ3) is 5.91. The number of carbonyl (C=O) groups is 1. The molecule has 0 aromatic heterocycles. The Morgan fingerprint density at radius 1 is 1.09 bits per heavy atom. The van der Waals surface area contributed by atoms with Crippen molar-refractivity contribution in [2.75, 3.05) is 0 Å². The largest absolute Gasteiger partial charge is 0.346 e. The monoisotopic (exact) mass is 327 g/mol. The number of halogens is 1. The van der Waals surface area contributed by atoms with Crippen molar-refractivity contribution in [3.05, 3.63) is 76.8 Å². The van der Waals surface area contributed by atoms with E-state index in [4.69, 9.17) is 11.6 Å². The Labute approximate surface area is 143 Å². The molecule has 23 heavy (non-hydrogen) atoms. The molecule has 0 radical (unpaired) electrons. The van der Waals surface area contributed by atoms with Crippen molar-refractivity contribution >= 4 is 23.6 Å². The van der Waals surface area contributed by atoms with Crippen LogP contribution in [0.2, 0.25) is 5.02 Å². The molecule has 2 aromatic rings. The maximum atomic E-state index is 12.2. The van der Waals surface area contributed by atoms with Gasteiger partial charge in [-0.05, 0) is 41.7 Å². The van der Waals surface area contributed by atoms with Crippen molar-refractivity contribution in [1.82, 2.24) is 5.32 Å². The van der Waals surface area contributed by atoms with Crippen LogP contribution in [-0.4, -0.2) is 5.91 Å². The topological polar surface area (TPSA) is 29.1 Å². The Morgan fingerprint density at radius 3 is 2.35 bits per heavy atom. The molecule has 2 aromatic carbocycles. The third-order valence-electron chi connectivity index (χ3n) is 3.52. The molecule has 0 unspecified atom stereocenters. The molecule has 0 saturated heterocycles. The standard InChI is InChI=1S/C20H22ClNO/c1-15(2)14-19(17-6-4-3-5-7-17)22-20(23)13-10-16-8-11-18(21)12-9-16/h3-13,15,19H,14H2,1-2H3,(H,22,23)/b13-10+/t19-/m0/s1. The van der Waals surface area contributed by atoms with Crippen LogP contribution in [0.5, 0.6) is 0 Å². The second-order valence-electron chi connectivity index (χ2n) is 5.99. The van der Waals surface area contributed by atoms with Gasteiger partial charge in [-0.1, -0.05) is 67.9 Å². The highest BCUT2D eigenvalue weighted by Crippen LogP contribution is 2.21. The van der Waals surface area contributed by atoms with E-state index in [-0.39, 0.29) is 11.9 Å². The van der Waals surface area contributed by atoms with Crippen molar-refractivity contribution in [3.8, 4) is 0 Å². The minimum Gasteiger partial charge on any atom is -0.346 e. The molecule has 0 spiro atoms. The van der Waals surface area contributed by atoms with Gasteiger partial charge in [0, 0.05) is 11.1 Å². The van der Waals surface area contributed by atoms with Gasteiger partial charge in [0.05, 0.1) is 6.04 Å². The summed E-state index contributed by atoms with van der Waals surface area (Å²) in [5, 5.41) is 3.78. The summed E-state index contributed by atoms with van der Waals surface area (Å²) in [4.78, 5) is 12.2. The third-order valence-corrected chi connectivity index (χ3v) is 3.77. The predicted octanol–water partition coefficient (Wildman–Crippen LogP) is 5.26. The number of nitrogens with one attached hydrogen (secondary N) is 1. The Kier molecular flexibility index (Phi) is 6.42. The van der Waals surface area contributed by atoms with Gasteiger partial charge >= 0.3 is 0 Å². The van der Waals surface area contributed by atoms with E-state index in [0.29, 0.717) is 10.9 Å². The molecule has 0 fully saturated rings. The van der Waals surface area contributed by atoms with Crippen LogP contribution in [-0.2, 0) is 4.79 Å². The van der Waals surface area contributed by atoms with E-state index in [1.165, 1.54) is 0 Å². The lowest BCUT2D eigenvalue weighted by atomic mass is 9.97. The second-order valence-corrected chi connectivity index (χ2v) is 6.42. The van der Waals surface area contributed by atoms with Gasteiger partial charge < -0.3 is 5.32 Å². The van der Waals surface area contributed by atoms with Crippen molar-refractivity contribution in [2.45, 2.75) is 26.3 Å². The van der Waals surface area contributed by atoms with E-state index < -0.39 is 0 Å². The van der Waals surface area contributed by atoms with Gasteiger partial charge in [0.25, 0.3) is 0 Å². The minimum atomic E-state index is -0.0885. The fraction of sp³-hybridized carbons (Fsp3) is 0.250. The highest BCUT2D eigenvalue weighted by Gasteiger charge is 2.14. The maximum Gasteiger partial charge on any atom is 0.244 e. The zero-order valence-corrected chi connectivity index (χ0v) is 14.3. The second kappa shape index (κ2) is 8.54. The van der Waals surface area contributed by atoms with Crippen molar-refractivity contribution in [3.63, 3.8) is 0 Å². The summed E-state index contributed by atoms with van der Waals surface area (Å²) in [7, 11) is 0. The first kappa shape index (κ1) is 17.3. The zero-order valence-electron chi connectivity index (χ0n) is 13.5. The maximum absolute atomic E-state index is 12.2. The molecule has 0 saturated carbocycles. The molecule has 0 aliphatic heterocycles. The molecule has 1 atom stereocenters. The smallest absolute Gasteiger partial charge is 0.244 e. The van der Waals surface area contributed by atoms with Crippen LogP contribution in [0.4, 0.5) is 0 Å². The quantitative estimate of drug-likeness (QED) is 0.721. The fourth-order valence-corrected chi connectivity index (χ4v) is 2.53. The summed E-state index contributed by atoms with van der Waals surface area (Å²) < 4.78 is 0. The molecular weight excluding hydrogens is 306 g/mol. The molecule has 1 amide bonds. The fourth-order valence-electron chi connectivity index (χ4n) is 2.40. The Morgan fingerprint density at radius 2 is 1.74 bits per heavy atom. The van der Waals surface area contributed by atoms with Crippen LogP contribution >= 0.6 is 11.6 Å². The van der Waals surface area contributed by atoms with Crippen LogP contribution in [0.1, 0.15) is 37.4 Å². The van der Waals surface area contributed by atoms with E-state index in [0.717, 1.165) is 17.5 Å². The Hall–Kier alpha value is -2.06. The summed E-state index contributed by atoms with van der Waals surface area (Å²) in [6, 6.07) is 17.5. The molecule has 120 valence electrons. The summed E-state index contributed by atoms with van der Waals surface area (Å²) in [6.07, 6.45) is 4.27. The zero-order chi connectivity index (χ0) is 16.7. The number of rotatable bonds is 6. The van der Waals surface area contributed by atoms with Crippen LogP contribution < -0.4 is 5.32 Å². The number of amides is 1. The van der Waals surface area contributed by atoms with E-state index in [1.54, 1.807) is 12.2 Å². The van der Waals surface area contributed by atoms with Crippen LogP contribution in [0, 0.1) is 5.92 Å². The van der Waals surface area contributed by atoms with Crippen molar-refractivity contribution in [2.24, 2.45) is 5.92 Å². The van der Waals surface area contributed by atoms with Gasteiger partial charge in [0.2, 0.25) is 5.91 Å². The van der Waals surface area contributed by atoms with Crippen molar-refractivity contribution in [1.29, 1.82) is 0 Å². The van der Waals surface area contributed by atoms with E-state index >= 15 is 0 Å². The Bertz CT molecular complexity index is 647. The van der Waals surface area contributed by atoms with Gasteiger partial charge in [0.1, 0.15) is 0 Å². The number of benzene rings is 2. The molecule has 2 rings (SSSR count). The summed E-state index contributed by atoms with van der Waals surface area (Å²) in [5.41, 5.74) is 2.08. The molecule has 3 heteroatoms. The number of hydrogen-bond donors (Lipinski definition) is 1. The number of hydrogen-bond acceptors (Lipinski definition) is 1. The molecule has 0 aliphatic carbocycles.